The summed E-state index contributed by atoms with van der Waals surface area (Å²) in [6, 6.07) is 0. The van der Waals surface area contributed by atoms with Crippen LogP contribution in [0.4, 0.5) is 0 Å². The molecular formula is C13H17NO. The first-order valence-electron chi connectivity index (χ1n) is 5.02. The van der Waals surface area contributed by atoms with Crippen LogP contribution in [0.1, 0.15) is 20.3 Å². The van der Waals surface area contributed by atoms with Crippen molar-refractivity contribution in [2.75, 3.05) is 0 Å². The molecule has 0 saturated heterocycles. The van der Waals surface area contributed by atoms with E-state index in [1.807, 2.05) is 38.2 Å². The SMILES string of the molecule is C/C=C(\C=C(\C)ON)C1=CC=CC=CC1. The molecule has 0 aromatic carbocycles. The Hall–Kier alpha value is -1.54. The monoisotopic (exact) mass is 203 g/mol. The number of hydrogen-bond donors (Lipinski definition) is 1. The predicted octanol–water partition coefficient (Wildman–Crippen LogP) is 3.17. The van der Waals surface area contributed by atoms with Crippen molar-refractivity contribution in [1.82, 2.24) is 0 Å². The third-order valence-corrected chi connectivity index (χ3v) is 2.22. The van der Waals surface area contributed by atoms with Crippen molar-refractivity contribution >= 4 is 0 Å². The maximum atomic E-state index is 5.09. The van der Waals surface area contributed by atoms with Gasteiger partial charge in [0.15, 0.2) is 0 Å². The number of nitrogens with two attached hydrogens (primary N) is 1. The first-order valence-corrected chi connectivity index (χ1v) is 5.02. The molecule has 1 aliphatic carbocycles. The van der Waals surface area contributed by atoms with Crippen LogP contribution in [0, 0.1) is 0 Å². The lowest BCUT2D eigenvalue weighted by atomic mass is 10.0. The van der Waals surface area contributed by atoms with Crippen LogP contribution in [0.5, 0.6) is 0 Å². The third-order valence-electron chi connectivity index (χ3n) is 2.22. The van der Waals surface area contributed by atoms with Gasteiger partial charge < -0.3 is 4.84 Å². The second-order valence-corrected chi connectivity index (χ2v) is 3.33. The van der Waals surface area contributed by atoms with E-state index in [1.165, 1.54) is 5.57 Å². The van der Waals surface area contributed by atoms with Gasteiger partial charge in [-0.25, -0.2) is 0 Å². The van der Waals surface area contributed by atoms with E-state index in [1.54, 1.807) is 0 Å². The molecule has 0 bridgehead atoms. The molecule has 0 atom stereocenters. The first kappa shape index (κ1) is 11.5. The Morgan fingerprint density at radius 2 is 2.20 bits per heavy atom. The average Bonchev–Trinajstić information content (AvgIpc) is 2.54. The van der Waals surface area contributed by atoms with Gasteiger partial charge in [0, 0.05) is 0 Å². The van der Waals surface area contributed by atoms with Crippen molar-refractivity contribution < 1.29 is 4.84 Å². The van der Waals surface area contributed by atoms with Crippen LogP contribution in [0.2, 0.25) is 0 Å². The Kier molecular flexibility index (Phi) is 4.64. The molecule has 0 aromatic heterocycles. The van der Waals surface area contributed by atoms with E-state index in [-0.39, 0.29) is 0 Å². The molecule has 1 rings (SSSR count). The van der Waals surface area contributed by atoms with Crippen molar-refractivity contribution in [3.05, 3.63) is 59.4 Å². The molecular weight excluding hydrogens is 186 g/mol. The molecule has 0 fully saturated rings. The summed E-state index contributed by atoms with van der Waals surface area (Å²) in [6.07, 6.45) is 15.3. The van der Waals surface area contributed by atoms with Crippen LogP contribution in [0.3, 0.4) is 0 Å². The second kappa shape index (κ2) is 6.04. The van der Waals surface area contributed by atoms with E-state index in [0.717, 1.165) is 12.0 Å². The molecule has 0 heterocycles. The molecule has 1 aliphatic rings. The molecule has 2 nitrogen and oxygen atoms in total. The Balaban J connectivity index is 2.89. The van der Waals surface area contributed by atoms with Crippen LogP contribution >= 0.6 is 0 Å². The van der Waals surface area contributed by atoms with Gasteiger partial charge in [-0.3, -0.25) is 0 Å². The fraction of sp³-hybridized carbons (Fsp3) is 0.231. The van der Waals surface area contributed by atoms with Gasteiger partial charge in [0.2, 0.25) is 0 Å². The zero-order valence-corrected chi connectivity index (χ0v) is 9.23. The van der Waals surface area contributed by atoms with E-state index in [4.69, 9.17) is 5.90 Å². The molecule has 15 heavy (non-hydrogen) atoms. The summed E-state index contributed by atoms with van der Waals surface area (Å²) >= 11 is 0. The van der Waals surface area contributed by atoms with E-state index >= 15 is 0 Å². The Labute approximate surface area is 91.1 Å². The second-order valence-electron chi connectivity index (χ2n) is 3.33. The number of rotatable bonds is 3. The molecule has 0 spiro atoms. The van der Waals surface area contributed by atoms with Crippen LogP contribution in [-0.2, 0) is 4.84 Å². The zero-order chi connectivity index (χ0) is 11.1. The van der Waals surface area contributed by atoms with Crippen molar-refractivity contribution in [3.63, 3.8) is 0 Å². The highest BCUT2D eigenvalue weighted by atomic mass is 16.6. The summed E-state index contributed by atoms with van der Waals surface area (Å²) in [6.45, 7) is 3.85. The van der Waals surface area contributed by atoms with E-state index in [0.29, 0.717) is 5.76 Å². The van der Waals surface area contributed by atoms with E-state index < -0.39 is 0 Å². The third kappa shape index (κ3) is 3.60. The maximum Gasteiger partial charge on any atom is 0.121 e. The molecule has 2 N–H and O–H groups in total. The molecule has 0 amide bonds. The minimum absolute atomic E-state index is 0.709. The molecule has 0 radical (unpaired) electrons. The molecule has 0 unspecified atom stereocenters. The molecule has 0 aromatic rings. The standard InChI is InChI=1S/C13H17NO/c1-3-12(10-11(2)15-14)13-8-6-4-5-7-9-13/h3-8,10H,9,14H2,1-2H3/b11-10-,12-3+. The highest BCUT2D eigenvalue weighted by Gasteiger charge is 2.01. The molecule has 0 aliphatic heterocycles. The normalized spacial score (nSPS) is 17.4. The minimum atomic E-state index is 0.709. The highest BCUT2D eigenvalue weighted by Crippen LogP contribution is 2.19. The van der Waals surface area contributed by atoms with E-state index in [2.05, 4.69) is 23.1 Å². The summed E-state index contributed by atoms with van der Waals surface area (Å²) < 4.78 is 0. The molecule has 2 heteroatoms. The fourth-order valence-electron chi connectivity index (χ4n) is 1.41. The van der Waals surface area contributed by atoms with Crippen molar-refractivity contribution in [2.24, 2.45) is 5.90 Å². The van der Waals surface area contributed by atoms with Gasteiger partial charge in [0.1, 0.15) is 5.76 Å². The molecule has 80 valence electrons. The van der Waals surface area contributed by atoms with Crippen molar-refractivity contribution in [2.45, 2.75) is 20.3 Å². The summed E-state index contributed by atoms with van der Waals surface area (Å²) in [5, 5.41) is 0. The van der Waals surface area contributed by atoms with Crippen molar-refractivity contribution in [3.8, 4) is 0 Å². The number of hydrogen-bond acceptors (Lipinski definition) is 2. The average molecular weight is 203 g/mol. The Bertz CT molecular complexity index is 357. The fourth-order valence-corrected chi connectivity index (χ4v) is 1.41. The van der Waals surface area contributed by atoms with Crippen LogP contribution in [0.15, 0.2) is 59.4 Å². The Morgan fingerprint density at radius 1 is 1.40 bits per heavy atom. The Morgan fingerprint density at radius 3 is 2.87 bits per heavy atom. The summed E-state index contributed by atoms with van der Waals surface area (Å²) in [5.41, 5.74) is 2.41. The smallest absolute Gasteiger partial charge is 0.121 e. The largest absolute Gasteiger partial charge is 0.416 e. The topological polar surface area (TPSA) is 35.2 Å². The van der Waals surface area contributed by atoms with Crippen LogP contribution in [0.25, 0.3) is 0 Å². The van der Waals surface area contributed by atoms with Crippen LogP contribution in [-0.4, -0.2) is 0 Å². The minimum Gasteiger partial charge on any atom is -0.416 e. The summed E-state index contributed by atoms with van der Waals surface area (Å²) in [7, 11) is 0. The predicted molar refractivity (Wildman–Crippen MR) is 63.8 cm³/mol. The van der Waals surface area contributed by atoms with Crippen molar-refractivity contribution in [1.29, 1.82) is 0 Å². The lowest BCUT2D eigenvalue weighted by molar-refractivity contribution is 0.222. The summed E-state index contributed by atoms with van der Waals surface area (Å²) in [4.78, 5) is 4.66. The maximum absolute atomic E-state index is 5.09. The van der Waals surface area contributed by atoms with Crippen LogP contribution < -0.4 is 5.90 Å². The van der Waals surface area contributed by atoms with E-state index in [9.17, 15) is 0 Å². The van der Waals surface area contributed by atoms with Gasteiger partial charge in [-0.15, -0.1) is 0 Å². The summed E-state index contributed by atoms with van der Waals surface area (Å²) in [5.74, 6) is 5.80. The molecule has 0 saturated carbocycles. The van der Waals surface area contributed by atoms with Gasteiger partial charge in [-0.05, 0) is 37.5 Å². The van der Waals surface area contributed by atoms with Gasteiger partial charge in [0.05, 0.1) is 0 Å². The number of allylic oxidation sites excluding steroid dienone is 10. The highest BCUT2D eigenvalue weighted by molar-refractivity contribution is 5.44. The lowest BCUT2D eigenvalue weighted by Crippen LogP contribution is -1.96. The van der Waals surface area contributed by atoms with Gasteiger partial charge in [-0.2, -0.15) is 5.90 Å². The quantitative estimate of drug-likeness (QED) is 0.434. The lowest BCUT2D eigenvalue weighted by Gasteiger charge is -2.06. The van der Waals surface area contributed by atoms with Gasteiger partial charge >= 0.3 is 0 Å². The first-order chi connectivity index (χ1) is 7.27. The zero-order valence-electron chi connectivity index (χ0n) is 9.23. The van der Waals surface area contributed by atoms with Gasteiger partial charge in [0.25, 0.3) is 0 Å². The van der Waals surface area contributed by atoms with Gasteiger partial charge in [-0.1, -0.05) is 36.5 Å².